The molecule has 1 aromatic carbocycles. The normalized spacial score (nSPS) is 14.6. The second-order valence-corrected chi connectivity index (χ2v) is 6.16. The number of carbonyl (C=O) groups is 2. The number of carbonyl (C=O) groups excluding carboxylic acids is 2. The molecule has 0 bridgehead atoms. The number of piperazine rings is 1. The number of nitrogens with zero attached hydrogens (tertiary/aromatic N) is 4. The Kier molecular flexibility index (Phi) is 5.14. The Morgan fingerprint density at radius 3 is 2.52 bits per heavy atom. The second kappa shape index (κ2) is 7.48. The average molecular weight is 360 g/mol. The number of rotatable bonds is 4. The molecule has 0 saturated carbocycles. The standard InChI is InChI=1S/C17H18ClN5O2/c1-19-17(25)14-6-7-15(21-20-14)22-8-9-23(16(24)11-22)10-12-2-4-13(18)5-3-12/h2-7H,8-11H2,1H3,(H,19,25). The summed E-state index contributed by atoms with van der Waals surface area (Å²) in [6, 6.07) is 10.8. The third-order valence-corrected chi connectivity index (χ3v) is 4.29. The summed E-state index contributed by atoms with van der Waals surface area (Å²) < 4.78 is 0. The van der Waals surface area contributed by atoms with Crippen LogP contribution in [0.2, 0.25) is 5.02 Å². The Hall–Kier alpha value is -2.67. The van der Waals surface area contributed by atoms with E-state index in [0.717, 1.165) is 5.56 Å². The first-order valence-corrected chi connectivity index (χ1v) is 8.27. The quantitative estimate of drug-likeness (QED) is 0.891. The van der Waals surface area contributed by atoms with Crippen molar-refractivity contribution in [3.8, 4) is 0 Å². The fourth-order valence-corrected chi connectivity index (χ4v) is 2.75. The van der Waals surface area contributed by atoms with Crippen molar-refractivity contribution in [2.24, 2.45) is 0 Å². The van der Waals surface area contributed by atoms with E-state index in [4.69, 9.17) is 11.6 Å². The molecule has 1 fully saturated rings. The van der Waals surface area contributed by atoms with Crippen LogP contribution in [-0.2, 0) is 11.3 Å². The highest BCUT2D eigenvalue weighted by Gasteiger charge is 2.25. The van der Waals surface area contributed by atoms with Crippen LogP contribution in [0.15, 0.2) is 36.4 Å². The number of amides is 2. The van der Waals surface area contributed by atoms with Gasteiger partial charge in [-0.2, -0.15) is 0 Å². The number of benzene rings is 1. The molecule has 0 spiro atoms. The van der Waals surface area contributed by atoms with E-state index in [1.807, 2.05) is 34.1 Å². The highest BCUT2D eigenvalue weighted by atomic mass is 35.5. The van der Waals surface area contributed by atoms with Crippen LogP contribution in [0.25, 0.3) is 0 Å². The highest BCUT2D eigenvalue weighted by Crippen LogP contribution is 2.16. The van der Waals surface area contributed by atoms with Gasteiger partial charge >= 0.3 is 0 Å². The van der Waals surface area contributed by atoms with Gasteiger partial charge in [0.25, 0.3) is 5.91 Å². The molecule has 0 unspecified atom stereocenters. The lowest BCUT2D eigenvalue weighted by Gasteiger charge is -2.34. The largest absolute Gasteiger partial charge is 0.354 e. The molecule has 2 heterocycles. The maximum Gasteiger partial charge on any atom is 0.271 e. The molecule has 2 amide bonds. The smallest absolute Gasteiger partial charge is 0.271 e. The van der Waals surface area contributed by atoms with Gasteiger partial charge in [-0.3, -0.25) is 9.59 Å². The van der Waals surface area contributed by atoms with Gasteiger partial charge in [0, 0.05) is 31.7 Å². The van der Waals surface area contributed by atoms with Crippen molar-refractivity contribution < 1.29 is 9.59 Å². The summed E-state index contributed by atoms with van der Waals surface area (Å²) in [6.45, 7) is 2.06. The molecular formula is C17H18ClN5O2. The molecule has 1 aromatic heterocycles. The lowest BCUT2D eigenvalue weighted by molar-refractivity contribution is -0.131. The summed E-state index contributed by atoms with van der Waals surface area (Å²) in [5.74, 6) is 0.327. The Balaban J connectivity index is 1.62. The Bertz CT molecular complexity index is 764. The van der Waals surface area contributed by atoms with E-state index in [1.54, 1.807) is 12.1 Å². The van der Waals surface area contributed by atoms with Crippen LogP contribution in [0.4, 0.5) is 5.82 Å². The van der Waals surface area contributed by atoms with Crippen LogP contribution in [0, 0.1) is 0 Å². The van der Waals surface area contributed by atoms with Gasteiger partial charge in [-0.25, -0.2) is 0 Å². The predicted molar refractivity (Wildman–Crippen MR) is 94.5 cm³/mol. The number of hydrogen-bond acceptors (Lipinski definition) is 5. The van der Waals surface area contributed by atoms with Crippen LogP contribution in [0.1, 0.15) is 16.1 Å². The van der Waals surface area contributed by atoms with E-state index < -0.39 is 0 Å². The number of aromatic nitrogens is 2. The molecule has 1 aliphatic rings. The Morgan fingerprint density at radius 2 is 1.92 bits per heavy atom. The summed E-state index contributed by atoms with van der Waals surface area (Å²) in [5.41, 5.74) is 1.29. The maximum atomic E-state index is 12.4. The molecule has 130 valence electrons. The van der Waals surface area contributed by atoms with E-state index >= 15 is 0 Å². The molecule has 0 aliphatic carbocycles. The SMILES string of the molecule is CNC(=O)c1ccc(N2CCN(Cc3ccc(Cl)cc3)C(=O)C2)nn1. The minimum absolute atomic E-state index is 0.0263. The molecular weight excluding hydrogens is 342 g/mol. The molecule has 3 rings (SSSR count). The molecule has 1 N–H and O–H groups in total. The van der Waals surface area contributed by atoms with Gasteiger partial charge in [0.1, 0.15) is 0 Å². The van der Waals surface area contributed by atoms with Crippen LogP contribution in [-0.4, -0.2) is 53.6 Å². The number of nitrogens with one attached hydrogen (secondary N) is 1. The second-order valence-electron chi connectivity index (χ2n) is 5.72. The molecule has 8 heteroatoms. The number of anilines is 1. The van der Waals surface area contributed by atoms with E-state index in [9.17, 15) is 9.59 Å². The fourth-order valence-electron chi connectivity index (χ4n) is 2.62. The third-order valence-electron chi connectivity index (χ3n) is 4.04. The molecule has 0 atom stereocenters. The first kappa shape index (κ1) is 17.2. The summed E-state index contributed by atoms with van der Waals surface area (Å²) in [5, 5.41) is 11.1. The minimum Gasteiger partial charge on any atom is -0.354 e. The van der Waals surface area contributed by atoms with Crippen LogP contribution < -0.4 is 10.2 Å². The highest BCUT2D eigenvalue weighted by molar-refractivity contribution is 6.30. The minimum atomic E-state index is -0.289. The summed E-state index contributed by atoms with van der Waals surface area (Å²) >= 11 is 5.88. The van der Waals surface area contributed by atoms with Gasteiger partial charge in [0.15, 0.2) is 11.5 Å². The zero-order valence-corrected chi connectivity index (χ0v) is 14.5. The van der Waals surface area contributed by atoms with Crippen molar-refractivity contribution in [3.63, 3.8) is 0 Å². The van der Waals surface area contributed by atoms with Crippen LogP contribution in [0.5, 0.6) is 0 Å². The first-order chi connectivity index (χ1) is 12.1. The predicted octanol–water partition coefficient (Wildman–Crippen LogP) is 1.34. The maximum absolute atomic E-state index is 12.4. The van der Waals surface area contributed by atoms with Crippen molar-refractivity contribution in [3.05, 3.63) is 52.7 Å². The van der Waals surface area contributed by atoms with E-state index in [2.05, 4.69) is 15.5 Å². The van der Waals surface area contributed by atoms with Crippen molar-refractivity contribution in [2.45, 2.75) is 6.54 Å². The molecule has 2 aromatic rings. The first-order valence-electron chi connectivity index (χ1n) is 7.90. The van der Waals surface area contributed by atoms with Crippen molar-refractivity contribution >= 4 is 29.2 Å². The molecule has 0 radical (unpaired) electrons. The molecule has 1 saturated heterocycles. The summed E-state index contributed by atoms with van der Waals surface area (Å²) in [4.78, 5) is 27.6. The van der Waals surface area contributed by atoms with Crippen molar-refractivity contribution in [2.75, 3.05) is 31.6 Å². The van der Waals surface area contributed by atoms with Gasteiger partial charge in [-0.15, -0.1) is 10.2 Å². The van der Waals surface area contributed by atoms with Gasteiger partial charge in [0.2, 0.25) is 5.91 Å². The van der Waals surface area contributed by atoms with Crippen molar-refractivity contribution in [1.82, 2.24) is 20.4 Å². The summed E-state index contributed by atoms with van der Waals surface area (Å²) in [6.07, 6.45) is 0. The van der Waals surface area contributed by atoms with Crippen LogP contribution in [0.3, 0.4) is 0 Å². The molecule has 25 heavy (non-hydrogen) atoms. The zero-order chi connectivity index (χ0) is 17.8. The monoisotopic (exact) mass is 359 g/mol. The lowest BCUT2D eigenvalue weighted by Crippen LogP contribution is -2.50. The number of halogens is 1. The van der Waals surface area contributed by atoms with E-state index in [1.165, 1.54) is 7.05 Å². The molecule has 7 nitrogen and oxygen atoms in total. The topological polar surface area (TPSA) is 78.4 Å². The molecule has 1 aliphatic heterocycles. The van der Waals surface area contributed by atoms with Gasteiger partial charge in [-0.1, -0.05) is 23.7 Å². The zero-order valence-electron chi connectivity index (χ0n) is 13.8. The number of hydrogen-bond donors (Lipinski definition) is 1. The van der Waals surface area contributed by atoms with E-state index in [-0.39, 0.29) is 24.1 Å². The summed E-state index contributed by atoms with van der Waals surface area (Å²) in [7, 11) is 1.54. The fraction of sp³-hybridized carbons (Fsp3) is 0.294. The van der Waals surface area contributed by atoms with Gasteiger partial charge in [-0.05, 0) is 29.8 Å². The average Bonchev–Trinajstić information content (AvgIpc) is 2.64. The van der Waals surface area contributed by atoms with Gasteiger partial charge in [0.05, 0.1) is 6.54 Å². The van der Waals surface area contributed by atoms with Crippen molar-refractivity contribution in [1.29, 1.82) is 0 Å². The lowest BCUT2D eigenvalue weighted by atomic mass is 10.2. The third kappa shape index (κ3) is 4.06. The van der Waals surface area contributed by atoms with Crippen LogP contribution >= 0.6 is 11.6 Å². The Labute approximate surface area is 150 Å². The van der Waals surface area contributed by atoms with Gasteiger partial charge < -0.3 is 15.1 Å². The van der Waals surface area contributed by atoms with E-state index in [0.29, 0.717) is 30.5 Å². The Morgan fingerprint density at radius 1 is 1.16 bits per heavy atom.